The number of aromatic nitrogens is 3. The molecular weight excluding hydrogens is 702 g/mol. The van der Waals surface area contributed by atoms with Gasteiger partial charge in [-0.1, -0.05) is 29.8 Å². The lowest BCUT2D eigenvalue weighted by atomic mass is 10.1. The molecule has 0 saturated heterocycles. The molecule has 0 spiro atoms. The lowest BCUT2D eigenvalue weighted by Gasteiger charge is -2.16. The van der Waals surface area contributed by atoms with E-state index in [1.165, 1.54) is 16.8 Å². The fourth-order valence-electron chi connectivity index (χ4n) is 3.60. The van der Waals surface area contributed by atoms with Gasteiger partial charge in [0.15, 0.2) is 11.5 Å². The van der Waals surface area contributed by atoms with E-state index in [2.05, 4.69) is 57.9 Å². The van der Waals surface area contributed by atoms with E-state index in [-0.39, 0.29) is 23.0 Å². The predicted molar refractivity (Wildman–Crippen MR) is 159 cm³/mol. The van der Waals surface area contributed by atoms with Crippen molar-refractivity contribution in [3.05, 3.63) is 87.9 Å². The Morgan fingerprint density at radius 2 is 1.92 bits per heavy atom. The zero-order chi connectivity index (χ0) is 28.3. The van der Waals surface area contributed by atoms with E-state index in [4.69, 9.17) is 14.5 Å². The Kier molecular flexibility index (Phi) is 9.13. The first-order chi connectivity index (χ1) is 18.6. The quantitative estimate of drug-likeness (QED) is 0.0992. The van der Waals surface area contributed by atoms with Gasteiger partial charge in [-0.15, -0.1) is 0 Å². The molecule has 2 aromatic heterocycles. The molecule has 1 atom stereocenters. The van der Waals surface area contributed by atoms with E-state index in [1.54, 1.807) is 24.4 Å². The number of halogens is 3. The van der Waals surface area contributed by atoms with Crippen LogP contribution in [0.2, 0.25) is 0 Å². The van der Waals surface area contributed by atoms with Gasteiger partial charge in [-0.05, 0) is 69.5 Å². The van der Waals surface area contributed by atoms with E-state index in [0.717, 1.165) is 17.1 Å². The molecule has 0 N–H and O–H groups in total. The molecule has 0 radical (unpaired) electrons. The second kappa shape index (κ2) is 12.3. The van der Waals surface area contributed by atoms with Gasteiger partial charge < -0.3 is 9.47 Å². The zero-order valence-electron chi connectivity index (χ0n) is 21.0. The second-order valence-corrected chi connectivity index (χ2v) is 10.9. The van der Waals surface area contributed by atoms with Crippen molar-refractivity contribution in [3.8, 4) is 17.4 Å². The normalized spacial score (nSPS) is 12.2. The van der Waals surface area contributed by atoms with Crippen LogP contribution in [0.15, 0.2) is 65.9 Å². The second-order valence-electron chi connectivity index (χ2n) is 8.37. The van der Waals surface area contributed by atoms with Crippen LogP contribution in [-0.2, 0) is 0 Å². The van der Waals surface area contributed by atoms with Crippen molar-refractivity contribution in [3.63, 3.8) is 0 Å². The molecule has 39 heavy (non-hydrogen) atoms. The molecule has 0 unspecified atom stereocenters. The highest BCUT2D eigenvalue weighted by atomic mass is 79.9. The van der Waals surface area contributed by atoms with E-state index in [1.807, 2.05) is 26.8 Å². The van der Waals surface area contributed by atoms with Gasteiger partial charge in [-0.3, -0.25) is 14.9 Å². The molecule has 0 aliphatic carbocycles. The summed E-state index contributed by atoms with van der Waals surface area (Å²) in [4.78, 5) is 32.6. The van der Waals surface area contributed by atoms with Gasteiger partial charge in [0.25, 0.3) is 11.2 Å². The summed E-state index contributed by atoms with van der Waals surface area (Å²) in [5, 5.41) is 15.9. The average Bonchev–Trinajstić information content (AvgIpc) is 2.92. The summed E-state index contributed by atoms with van der Waals surface area (Å²) in [6, 6.07) is 9.80. The van der Waals surface area contributed by atoms with E-state index in [0.29, 0.717) is 49.3 Å². The standard InChI is InChI=1S/C26H22Br3N5O5/c1-4-14(3)25-32-19-8-6-16(27)11-18(19)26(35)33(25)31-12-15-10-20(38-5-2)24(23(29)22(15)28)39-21-9-7-17(13-30-21)34(36)37/h6-14H,4-5H2,1-3H3/t14-/m1/s1. The number of fused-ring (bicyclic) bond motifs is 1. The molecule has 4 aromatic rings. The Balaban J connectivity index is 1.79. The lowest BCUT2D eigenvalue weighted by Crippen LogP contribution is -2.23. The van der Waals surface area contributed by atoms with Gasteiger partial charge in [-0.25, -0.2) is 9.97 Å². The monoisotopic (exact) mass is 721 g/mol. The first-order valence-corrected chi connectivity index (χ1v) is 14.2. The molecule has 2 aromatic carbocycles. The van der Waals surface area contributed by atoms with E-state index >= 15 is 0 Å². The highest BCUT2D eigenvalue weighted by Gasteiger charge is 2.20. The Hall–Kier alpha value is -3.16. The number of rotatable bonds is 9. The smallest absolute Gasteiger partial charge is 0.287 e. The van der Waals surface area contributed by atoms with Gasteiger partial charge in [0, 0.05) is 32.6 Å². The lowest BCUT2D eigenvalue weighted by molar-refractivity contribution is -0.385. The van der Waals surface area contributed by atoms with Crippen LogP contribution in [0.4, 0.5) is 5.69 Å². The summed E-state index contributed by atoms with van der Waals surface area (Å²) in [6.45, 7) is 6.19. The number of benzene rings is 2. The molecule has 0 saturated carbocycles. The van der Waals surface area contributed by atoms with Gasteiger partial charge in [0.05, 0.1) is 33.1 Å². The highest BCUT2D eigenvalue weighted by molar-refractivity contribution is 9.13. The van der Waals surface area contributed by atoms with Crippen molar-refractivity contribution < 1.29 is 14.4 Å². The summed E-state index contributed by atoms with van der Waals surface area (Å²) < 4.78 is 14.9. The third-order valence-electron chi connectivity index (χ3n) is 5.79. The minimum Gasteiger partial charge on any atom is -0.490 e. The van der Waals surface area contributed by atoms with Crippen LogP contribution in [-0.4, -0.2) is 32.4 Å². The summed E-state index contributed by atoms with van der Waals surface area (Å²) in [5.74, 6) is 1.38. The minimum atomic E-state index is -0.537. The summed E-state index contributed by atoms with van der Waals surface area (Å²) in [7, 11) is 0. The molecule has 13 heteroatoms. The van der Waals surface area contributed by atoms with Crippen LogP contribution in [0.1, 0.15) is 44.5 Å². The van der Waals surface area contributed by atoms with Crippen LogP contribution < -0.4 is 15.0 Å². The van der Waals surface area contributed by atoms with Gasteiger partial charge in [0.1, 0.15) is 12.0 Å². The molecule has 202 valence electrons. The number of ether oxygens (including phenoxy) is 2. The first kappa shape index (κ1) is 28.8. The fraction of sp³-hybridized carbons (Fsp3) is 0.231. The van der Waals surface area contributed by atoms with Crippen molar-refractivity contribution in [2.75, 3.05) is 6.61 Å². The molecule has 4 rings (SSSR count). The molecule has 0 aliphatic heterocycles. The Bertz CT molecular complexity index is 1640. The van der Waals surface area contributed by atoms with Gasteiger partial charge in [0.2, 0.25) is 5.88 Å². The number of hydrogen-bond donors (Lipinski definition) is 0. The van der Waals surface area contributed by atoms with Crippen molar-refractivity contribution in [1.29, 1.82) is 0 Å². The molecular formula is C26H22Br3N5O5. The fourth-order valence-corrected chi connectivity index (χ4v) is 4.86. The number of nitrogens with zero attached hydrogens (tertiary/aromatic N) is 5. The van der Waals surface area contributed by atoms with E-state index < -0.39 is 4.92 Å². The maximum absolute atomic E-state index is 13.5. The van der Waals surface area contributed by atoms with Crippen molar-refractivity contribution in [2.24, 2.45) is 5.10 Å². The first-order valence-electron chi connectivity index (χ1n) is 11.8. The topological polar surface area (TPSA) is 122 Å². The SMILES string of the molecule is CCOc1cc(C=Nn2c([C@H](C)CC)nc3ccc(Br)cc3c2=O)c(Br)c(Br)c1Oc1ccc([N+](=O)[O-])cn1. The predicted octanol–water partition coefficient (Wildman–Crippen LogP) is 7.57. The maximum Gasteiger partial charge on any atom is 0.287 e. The number of nitro groups is 1. The Morgan fingerprint density at radius 1 is 1.15 bits per heavy atom. The van der Waals surface area contributed by atoms with E-state index in [9.17, 15) is 14.9 Å². The van der Waals surface area contributed by atoms with Crippen molar-refractivity contribution in [2.45, 2.75) is 33.1 Å². The number of pyridine rings is 1. The third-order valence-corrected chi connectivity index (χ3v) is 8.43. The zero-order valence-corrected chi connectivity index (χ0v) is 25.8. The minimum absolute atomic E-state index is 0.0120. The highest BCUT2D eigenvalue weighted by Crippen LogP contribution is 2.44. The Labute approximate surface area is 248 Å². The number of hydrogen-bond acceptors (Lipinski definition) is 8. The van der Waals surface area contributed by atoms with Gasteiger partial charge in [-0.2, -0.15) is 9.78 Å². The van der Waals surface area contributed by atoms with Gasteiger partial charge >= 0.3 is 0 Å². The van der Waals surface area contributed by atoms with Crippen molar-refractivity contribution >= 4 is 70.6 Å². The van der Waals surface area contributed by atoms with Crippen LogP contribution in [0, 0.1) is 10.1 Å². The van der Waals surface area contributed by atoms with Crippen LogP contribution in [0.25, 0.3) is 10.9 Å². The maximum atomic E-state index is 13.5. The Morgan fingerprint density at radius 3 is 2.56 bits per heavy atom. The molecule has 0 bridgehead atoms. The summed E-state index contributed by atoms with van der Waals surface area (Å²) in [6.07, 6.45) is 3.43. The third kappa shape index (κ3) is 6.20. The van der Waals surface area contributed by atoms with Crippen LogP contribution >= 0.6 is 47.8 Å². The van der Waals surface area contributed by atoms with Crippen LogP contribution in [0.5, 0.6) is 17.4 Å². The largest absolute Gasteiger partial charge is 0.490 e. The molecule has 0 amide bonds. The summed E-state index contributed by atoms with van der Waals surface area (Å²) in [5.41, 5.74) is 0.776. The molecule has 0 aliphatic rings. The average molecular weight is 724 g/mol. The molecule has 0 fully saturated rings. The summed E-state index contributed by atoms with van der Waals surface area (Å²) >= 11 is 10.5. The van der Waals surface area contributed by atoms with Crippen LogP contribution in [0.3, 0.4) is 0 Å². The van der Waals surface area contributed by atoms with Crippen molar-refractivity contribution in [1.82, 2.24) is 14.6 Å². The molecule has 10 nitrogen and oxygen atoms in total. The molecule has 2 heterocycles.